The van der Waals surface area contributed by atoms with Gasteiger partial charge in [0.1, 0.15) is 18.2 Å². The van der Waals surface area contributed by atoms with Crippen LogP contribution in [0.1, 0.15) is 22.0 Å². The van der Waals surface area contributed by atoms with Crippen molar-refractivity contribution in [2.45, 2.75) is 6.04 Å². The molecule has 0 amide bonds. The molecule has 74 valence electrons. The average Bonchev–Trinajstić information content (AvgIpc) is 2.46. The van der Waals surface area contributed by atoms with Gasteiger partial charge in [-0.3, -0.25) is 0 Å². The molecule has 0 bridgehead atoms. The topological polar surface area (TPSA) is 72.5 Å². The van der Waals surface area contributed by atoms with Crippen molar-refractivity contribution in [3.63, 3.8) is 0 Å². The van der Waals surface area contributed by atoms with Crippen molar-refractivity contribution < 1.29 is 19.0 Å². The van der Waals surface area contributed by atoms with Crippen LogP contribution in [0.25, 0.3) is 0 Å². The zero-order chi connectivity index (χ0) is 10.3. The SMILES string of the molecule is N[C@H]1COc2cc(C(=O)O)c(F)cc21. The van der Waals surface area contributed by atoms with E-state index in [1.165, 1.54) is 6.07 Å². The molecule has 14 heavy (non-hydrogen) atoms. The van der Waals surface area contributed by atoms with Crippen LogP contribution in [0.15, 0.2) is 12.1 Å². The first-order chi connectivity index (χ1) is 6.59. The molecule has 0 unspecified atom stereocenters. The zero-order valence-electron chi connectivity index (χ0n) is 7.16. The number of carbonyl (C=O) groups is 1. The van der Waals surface area contributed by atoms with E-state index in [1.807, 2.05) is 0 Å². The second kappa shape index (κ2) is 2.95. The molecule has 1 heterocycles. The first kappa shape index (κ1) is 8.96. The minimum Gasteiger partial charge on any atom is -0.491 e. The standard InChI is InChI=1S/C9H8FNO3/c10-6-1-5-7(11)3-14-8(5)2-4(6)9(12)13/h1-2,7H,3,11H2,(H,12,13)/t7-/m0/s1. The molecule has 0 aromatic heterocycles. The lowest BCUT2D eigenvalue weighted by Gasteiger charge is -2.03. The number of hydrogen-bond donors (Lipinski definition) is 2. The highest BCUT2D eigenvalue weighted by Crippen LogP contribution is 2.32. The van der Waals surface area contributed by atoms with E-state index in [2.05, 4.69) is 0 Å². The summed E-state index contributed by atoms with van der Waals surface area (Å²) >= 11 is 0. The van der Waals surface area contributed by atoms with Gasteiger partial charge in [0.05, 0.1) is 11.6 Å². The van der Waals surface area contributed by atoms with Gasteiger partial charge in [-0.15, -0.1) is 0 Å². The monoisotopic (exact) mass is 197 g/mol. The van der Waals surface area contributed by atoms with E-state index in [-0.39, 0.29) is 12.6 Å². The fraction of sp³-hybridized carbons (Fsp3) is 0.222. The van der Waals surface area contributed by atoms with Gasteiger partial charge in [0.15, 0.2) is 0 Å². The van der Waals surface area contributed by atoms with E-state index in [0.29, 0.717) is 11.3 Å². The van der Waals surface area contributed by atoms with Crippen molar-refractivity contribution in [2.75, 3.05) is 6.61 Å². The van der Waals surface area contributed by atoms with E-state index >= 15 is 0 Å². The number of ether oxygens (including phenoxy) is 1. The number of nitrogens with two attached hydrogens (primary N) is 1. The maximum absolute atomic E-state index is 13.2. The largest absolute Gasteiger partial charge is 0.491 e. The smallest absolute Gasteiger partial charge is 0.338 e. The minimum absolute atomic E-state index is 0.262. The van der Waals surface area contributed by atoms with Crippen LogP contribution in [-0.2, 0) is 0 Å². The van der Waals surface area contributed by atoms with Crippen LogP contribution in [0.5, 0.6) is 5.75 Å². The van der Waals surface area contributed by atoms with Gasteiger partial charge in [-0.05, 0) is 12.1 Å². The first-order valence-electron chi connectivity index (χ1n) is 4.04. The van der Waals surface area contributed by atoms with E-state index in [1.54, 1.807) is 0 Å². The summed E-state index contributed by atoms with van der Waals surface area (Å²) in [6.45, 7) is 0.262. The molecule has 3 N–H and O–H groups in total. The summed E-state index contributed by atoms with van der Waals surface area (Å²) in [5, 5.41) is 8.64. The van der Waals surface area contributed by atoms with Crippen molar-refractivity contribution in [3.8, 4) is 5.75 Å². The number of halogens is 1. The minimum atomic E-state index is -1.31. The van der Waals surface area contributed by atoms with E-state index in [9.17, 15) is 9.18 Å². The Bertz CT molecular complexity index is 405. The fourth-order valence-corrected chi connectivity index (χ4v) is 1.42. The number of rotatable bonds is 1. The Morgan fingerprint density at radius 1 is 1.64 bits per heavy atom. The van der Waals surface area contributed by atoms with E-state index < -0.39 is 17.3 Å². The van der Waals surface area contributed by atoms with Crippen LogP contribution in [0.4, 0.5) is 4.39 Å². The van der Waals surface area contributed by atoms with Gasteiger partial charge in [0.25, 0.3) is 0 Å². The third-order valence-electron chi connectivity index (χ3n) is 2.15. The van der Waals surface area contributed by atoms with Crippen LogP contribution in [0.3, 0.4) is 0 Å². The molecule has 0 saturated carbocycles. The van der Waals surface area contributed by atoms with Crippen LogP contribution < -0.4 is 10.5 Å². The Labute approximate surface area is 79.1 Å². The van der Waals surface area contributed by atoms with Gasteiger partial charge in [-0.1, -0.05) is 0 Å². The molecule has 5 heteroatoms. The normalized spacial score (nSPS) is 18.9. The molecule has 0 fully saturated rings. The number of carboxylic acid groups (broad SMARTS) is 1. The highest BCUT2D eigenvalue weighted by Gasteiger charge is 2.24. The van der Waals surface area contributed by atoms with Gasteiger partial charge >= 0.3 is 5.97 Å². The summed E-state index contributed by atoms with van der Waals surface area (Å²) in [6.07, 6.45) is 0. The molecule has 4 nitrogen and oxygen atoms in total. The third kappa shape index (κ3) is 1.22. The Morgan fingerprint density at radius 3 is 3.00 bits per heavy atom. The molecule has 1 aromatic rings. The number of benzene rings is 1. The van der Waals surface area contributed by atoms with Crippen LogP contribution in [0.2, 0.25) is 0 Å². The highest BCUT2D eigenvalue weighted by molar-refractivity contribution is 5.88. The van der Waals surface area contributed by atoms with Crippen molar-refractivity contribution in [2.24, 2.45) is 5.73 Å². The molecule has 1 atom stereocenters. The molecule has 1 aliphatic rings. The second-order valence-electron chi connectivity index (χ2n) is 3.09. The molecule has 2 rings (SSSR count). The Hall–Kier alpha value is -1.62. The molecule has 0 saturated heterocycles. The van der Waals surface area contributed by atoms with Gasteiger partial charge in [-0.25, -0.2) is 9.18 Å². The quantitative estimate of drug-likeness (QED) is 0.702. The summed E-state index contributed by atoms with van der Waals surface area (Å²) in [5.41, 5.74) is 5.73. The molecular weight excluding hydrogens is 189 g/mol. The third-order valence-corrected chi connectivity index (χ3v) is 2.15. The Kier molecular flexibility index (Phi) is 1.89. The summed E-state index contributed by atoms with van der Waals surface area (Å²) < 4.78 is 18.3. The Morgan fingerprint density at radius 2 is 2.36 bits per heavy atom. The van der Waals surface area contributed by atoms with Crippen molar-refractivity contribution in [1.82, 2.24) is 0 Å². The summed E-state index contributed by atoms with van der Waals surface area (Å²) in [7, 11) is 0. The summed E-state index contributed by atoms with van der Waals surface area (Å²) in [6, 6.07) is 1.92. The van der Waals surface area contributed by atoms with E-state index in [4.69, 9.17) is 15.6 Å². The maximum atomic E-state index is 13.2. The van der Waals surface area contributed by atoms with Crippen molar-refractivity contribution >= 4 is 5.97 Å². The van der Waals surface area contributed by atoms with E-state index in [0.717, 1.165) is 6.07 Å². The number of aromatic carboxylic acids is 1. The molecule has 1 aromatic carbocycles. The van der Waals surface area contributed by atoms with Gasteiger partial charge in [-0.2, -0.15) is 0 Å². The molecule has 0 radical (unpaired) electrons. The summed E-state index contributed by atoms with van der Waals surface area (Å²) in [5.74, 6) is -1.73. The van der Waals surface area contributed by atoms with Crippen molar-refractivity contribution in [3.05, 3.63) is 29.1 Å². The number of fused-ring (bicyclic) bond motifs is 1. The van der Waals surface area contributed by atoms with Gasteiger partial charge < -0.3 is 15.6 Å². The number of carboxylic acids is 1. The molecule has 0 spiro atoms. The Balaban J connectivity index is 2.55. The van der Waals surface area contributed by atoms with Gasteiger partial charge in [0.2, 0.25) is 0 Å². The highest BCUT2D eigenvalue weighted by atomic mass is 19.1. The number of hydrogen-bond acceptors (Lipinski definition) is 3. The van der Waals surface area contributed by atoms with Crippen LogP contribution in [-0.4, -0.2) is 17.7 Å². The first-order valence-corrected chi connectivity index (χ1v) is 4.04. The fourth-order valence-electron chi connectivity index (χ4n) is 1.42. The van der Waals surface area contributed by atoms with Gasteiger partial charge in [0, 0.05) is 5.56 Å². The maximum Gasteiger partial charge on any atom is 0.338 e. The lowest BCUT2D eigenvalue weighted by Crippen LogP contribution is -2.11. The zero-order valence-corrected chi connectivity index (χ0v) is 7.16. The van der Waals surface area contributed by atoms with Crippen molar-refractivity contribution in [1.29, 1.82) is 0 Å². The predicted octanol–water partition coefficient (Wildman–Crippen LogP) is 0.916. The molecular formula is C9H8FNO3. The molecule has 1 aliphatic heterocycles. The summed E-state index contributed by atoms with van der Waals surface area (Å²) in [4.78, 5) is 10.6. The predicted molar refractivity (Wildman–Crippen MR) is 45.8 cm³/mol. The van der Waals surface area contributed by atoms with Crippen LogP contribution in [0, 0.1) is 5.82 Å². The van der Waals surface area contributed by atoms with Crippen LogP contribution >= 0.6 is 0 Å². The average molecular weight is 197 g/mol. The lowest BCUT2D eigenvalue weighted by molar-refractivity contribution is 0.0691. The lowest BCUT2D eigenvalue weighted by atomic mass is 10.1. The second-order valence-corrected chi connectivity index (χ2v) is 3.09. The molecule has 0 aliphatic carbocycles.